The first kappa shape index (κ1) is 15.2. The number of rotatable bonds is 7. The fraction of sp³-hybridized carbons (Fsp3) is 0.571. The molecule has 1 heterocycles. The Morgan fingerprint density at radius 1 is 1.48 bits per heavy atom. The summed E-state index contributed by atoms with van der Waals surface area (Å²) in [6, 6.07) is 1.04. The van der Waals surface area contributed by atoms with Crippen LogP contribution in [0.3, 0.4) is 0 Å². The summed E-state index contributed by atoms with van der Waals surface area (Å²) in [5.74, 6) is -0.237. The number of nitrogens with one attached hydrogen (secondary N) is 1. The molecule has 0 radical (unpaired) electrons. The molecule has 2 rings (SSSR count). The van der Waals surface area contributed by atoms with E-state index in [0.717, 1.165) is 31.0 Å². The average molecular weight is 293 g/mol. The molecule has 1 aliphatic rings. The second-order valence-electron chi connectivity index (χ2n) is 5.37. The highest BCUT2D eigenvalue weighted by Gasteiger charge is 2.18. The molecule has 1 aromatic heterocycles. The van der Waals surface area contributed by atoms with Gasteiger partial charge in [0.05, 0.1) is 4.92 Å². The Kier molecular flexibility index (Phi) is 5.08. The number of carboxylic acid groups (broad SMARTS) is 1. The van der Waals surface area contributed by atoms with Crippen LogP contribution in [0, 0.1) is 16.0 Å². The van der Waals surface area contributed by atoms with Crippen LogP contribution < -0.4 is 5.32 Å². The highest BCUT2D eigenvalue weighted by atomic mass is 16.6. The molecule has 0 aliphatic heterocycles. The van der Waals surface area contributed by atoms with Crippen molar-refractivity contribution in [1.82, 2.24) is 4.98 Å². The molecular weight excluding hydrogens is 274 g/mol. The van der Waals surface area contributed by atoms with Crippen LogP contribution in [0.15, 0.2) is 12.3 Å². The molecule has 0 saturated heterocycles. The maximum atomic E-state index is 11.1. The fourth-order valence-corrected chi connectivity index (χ4v) is 2.75. The second-order valence-corrected chi connectivity index (χ2v) is 5.37. The Morgan fingerprint density at radius 3 is 2.81 bits per heavy atom. The number of hydrogen-bond donors (Lipinski definition) is 2. The second kappa shape index (κ2) is 7.01. The van der Waals surface area contributed by atoms with Gasteiger partial charge in [0.2, 0.25) is 0 Å². The molecule has 21 heavy (non-hydrogen) atoms. The van der Waals surface area contributed by atoms with E-state index in [-0.39, 0.29) is 17.1 Å². The average Bonchev–Trinajstić information content (AvgIpc) is 2.96. The van der Waals surface area contributed by atoms with Crippen LogP contribution in [0.4, 0.5) is 11.5 Å². The minimum atomic E-state index is -1.22. The standard InChI is InChI=1S/C14H19N3O4/c18-14(19)12-8-11(17(20)21)9-16-13(12)15-7-3-6-10-4-1-2-5-10/h8-10H,1-7H2,(H,15,16)(H,18,19). The lowest BCUT2D eigenvalue weighted by molar-refractivity contribution is -0.385. The highest BCUT2D eigenvalue weighted by molar-refractivity contribution is 5.93. The number of nitro groups is 1. The van der Waals surface area contributed by atoms with E-state index in [9.17, 15) is 14.9 Å². The molecule has 0 bridgehead atoms. The van der Waals surface area contributed by atoms with Gasteiger partial charge in [0, 0.05) is 12.6 Å². The molecule has 1 fully saturated rings. The normalized spacial score (nSPS) is 15.0. The SMILES string of the molecule is O=C(O)c1cc([N+](=O)[O-])cnc1NCCCC1CCCC1. The maximum absolute atomic E-state index is 11.1. The molecule has 0 unspecified atom stereocenters. The molecule has 0 amide bonds. The van der Waals surface area contributed by atoms with Gasteiger partial charge in [0.1, 0.15) is 17.6 Å². The number of anilines is 1. The van der Waals surface area contributed by atoms with Crippen molar-refractivity contribution in [3.63, 3.8) is 0 Å². The van der Waals surface area contributed by atoms with Gasteiger partial charge in [-0.15, -0.1) is 0 Å². The highest BCUT2D eigenvalue weighted by Crippen LogP contribution is 2.28. The summed E-state index contributed by atoms with van der Waals surface area (Å²) in [6.45, 7) is 0.627. The molecular formula is C14H19N3O4. The van der Waals surface area contributed by atoms with E-state index in [0.29, 0.717) is 6.54 Å². The molecule has 2 N–H and O–H groups in total. The molecule has 114 valence electrons. The topological polar surface area (TPSA) is 105 Å². The minimum Gasteiger partial charge on any atom is -0.478 e. The monoisotopic (exact) mass is 293 g/mol. The smallest absolute Gasteiger partial charge is 0.339 e. The summed E-state index contributed by atoms with van der Waals surface area (Å²) in [5.41, 5.74) is -0.478. The van der Waals surface area contributed by atoms with E-state index in [2.05, 4.69) is 10.3 Å². The molecule has 0 atom stereocenters. The number of nitrogens with zero attached hydrogens (tertiary/aromatic N) is 2. The quantitative estimate of drug-likeness (QED) is 0.454. The van der Waals surface area contributed by atoms with Gasteiger partial charge in [-0.05, 0) is 18.8 Å². The predicted molar refractivity (Wildman–Crippen MR) is 77.5 cm³/mol. The first-order valence-corrected chi connectivity index (χ1v) is 7.19. The largest absolute Gasteiger partial charge is 0.478 e. The van der Waals surface area contributed by atoms with E-state index in [1.165, 1.54) is 25.7 Å². The number of hydrogen-bond acceptors (Lipinski definition) is 5. The van der Waals surface area contributed by atoms with Gasteiger partial charge in [-0.25, -0.2) is 9.78 Å². The van der Waals surface area contributed by atoms with Gasteiger partial charge >= 0.3 is 5.97 Å². The lowest BCUT2D eigenvalue weighted by Gasteiger charge is -2.11. The number of pyridine rings is 1. The van der Waals surface area contributed by atoms with Crippen LogP contribution in [0.1, 0.15) is 48.9 Å². The number of aromatic carboxylic acids is 1. The molecule has 7 heteroatoms. The fourth-order valence-electron chi connectivity index (χ4n) is 2.75. The summed E-state index contributed by atoms with van der Waals surface area (Å²) in [4.78, 5) is 25.0. The van der Waals surface area contributed by atoms with Crippen LogP contribution in [0.2, 0.25) is 0 Å². The number of carbonyl (C=O) groups is 1. The molecule has 7 nitrogen and oxygen atoms in total. The van der Waals surface area contributed by atoms with Crippen LogP contribution in [0.25, 0.3) is 0 Å². The van der Waals surface area contributed by atoms with E-state index < -0.39 is 10.9 Å². The van der Waals surface area contributed by atoms with Crippen molar-refractivity contribution >= 4 is 17.5 Å². The zero-order chi connectivity index (χ0) is 15.2. The third kappa shape index (κ3) is 4.14. The van der Waals surface area contributed by atoms with Gasteiger partial charge in [-0.1, -0.05) is 25.7 Å². The van der Waals surface area contributed by atoms with Gasteiger partial charge in [0.25, 0.3) is 5.69 Å². The minimum absolute atomic E-state index is 0.162. The summed E-state index contributed by atoms with van der Waals surface area (Å²) in [6.07, 6.45) is 8.35. The first-order valence-electron chi connectivity index (χ1n) is 7.19. The molecule has 1 aromatic rings. The Hall–Kier alpha value is -2.18. The summed E-state index contributed by atoms with van der Waals surface area (Å²) >= 11 is 0. The maximum Gasteiger partial charge on any atom is 0.339 e. The first-order chi connectivity index (χ1) is 10.1. The van der Waals surface area contributed by atoms with Crippen molar-refractivity contribution in [2.45, 2.75) is 38.5 Å². The van der Waals surface area contributed by atoms with Gasteiger partial charge in [0.15, 0.2) is 0 Å². The zero-order valence-electron chi connectivity index (χ0n) is 11.7. The molecule has 1 aliphatic carbocycles. The Labute approximate surface area is 122 Å². The zero-order valence-corrected chi connectivity index (χ0v) is 11.7. The van der Waals surface area contributed by atoms with Gasteiger partial charge < -0.3 is 10.4 Å². The van der Waals surface area contributed by atoms with Crippen molar-refractivity contribution < 1.29 is 14.8 Å². The van der Waals surface area contributed by atoms with Crippen molar-refractivity contribution in [2.75, 3.05) is 11.9 Å². The van der Waals surface area contributed by atoms with Gasteiger partial charge in [-0.2, -0.15) is 0 Å². The number of aromatic nitrogens is 1. The van der Waals surface area contributed by atoms with Crippen LogP contribution in [-0.2, 0) is 0 Å². The van der Waals surface area contributed by atoms with Crippen molar-refractivity contribution in [3.8, 4) is 0 Å². The lowest BCUT2D eigenvalue weighted by Crippen LogP contribution is -2.11. The lowest BCUT2D eigenvalue weighted by atomic mass is 10.0. The van der Waals surface area contributed by atoms with Crippen LogP contribution in [-0.4, -0.2) is 27.5 Å². The van der Waals surface area contributed by atoms with Crippen molar-refractivity contribution in [2.24, 2.45) is 5.92 Å². The summed E-state index contributed by atoms with van der Waals surface area (Å²) < 4.78 is 0. The van der Waals surface area contributed by atoms with E-state index in [4.69, 9.17) is 5.11 Å². The summed E-state index contributed by atoms with van der Waals surface area (Å²) in [7, 11) is 0. The van der Waals surface area contributed by atoms with Crippen molar-refractivity contribution in [1.29, 1.82) is 0 Å². The van der Waals surface area contributed by atoms with E-state index in [1.807, 2.05) is 0 Å². The van der Waals surface area contributed by atoms with Gasteiger partial charge in [-0.3, -0.25) is 10.1 Å². The third-order valence-electron chi connectivity index (χ3n) is 3.87. The Bertz CT molecular complexity index is 527. The van der Waals surface area contributed by atoms with Crippen molar-refractivity contribution in [3.05, 3.63) is 27.9 Å². The van der Waals surface area contributed by atoms with E-state index >= 15 is 0 Å². The van der Waals surface area contributed by atoms with Crippen LogP contribution in [0.5, 0.6) is 0 Å². The van der Waals surface area contributed by atoms with E-state index in [1.54, 1.807) is 0 Å². The molecule has 0 aromatic carbocycles. The molecule has 0 spiro atoms. The predicted octanol–water partition coefficient (Wildman–Crippen LogP) is 3.07. The number of carboxylic acids is 1. The Morgan fingerprint density at radius 2 is 2.19 bits per heavy atom. The Balaban J connectivity index is 1.92. The van der Waals surface area contributed by atoms with Crippen LogP contribution >= 0.6 is 0 Å². The molecule has 1 saturated carbocycles. The summed E-state index contributed by atoms with van der Waals surface area (Å²) in [5, 5.41) is 22.7. The third-order valence-corrected chi connectivity index (χ3v) is 3.87.